The van der Waals surface area contributed by atoms with E-state index in [0.717, 1.165) is 4.47 Å². The fourth-order valence-electron chi connectivity index (χ4n) is 3.07. The van der Waals surface area contributed by atoms with Crippen molar-refractivity contribution in [2.45, 2.75) is 33.2 Å². The smallest absolute Gasteiger partial charge is 0.0505 e. The molecule has 0 aromatic heterocycles. The number of fused-ring (bicyclic) bond motifs is 1. The van der Waals surface area contributed by atoms with Crippen molar-refractivity contribution in [3.05, 3.63) is 58.1 Å². The highest BCUT2D eigenvalue weighted by Gasteiger charge is 2.22. The van der Waals surface area contributed by atoms with Crippen molar-refractivity contribution in [2.24, 2.45) is 0 Å². The van der Waals surface area contributed by atoms with E-state index in [1.165, 1.54) is 33.5 Å². The highest BCUT2D eigenvalue weighted by atomic mass is 79.9. The summed E-state index contributed by atoms with van der Waals surface area (Å²) in [6.07, 6.45) is 2.30. The summed E-state index contributed by atoms with van der Waals surface area (Å²) in [5, 5.41) is 3.59. The van der Waals surface area contributed by atoms with Gasteiger partial charge in [-0.15, -0.1) is 0 Å². The third-order valence-electron chi connectivity index (χ3n) is 4.06. The molecule has 0 unspecified atom stereocenters. The van der Waals surface area contributed by atoms with Crippen LogP contribution in [-0.4, -0.2) is 5.54 Å². The topological polar surface area (TPSA) is 12.0 Å². The van der Waals surface area contributed by atoms with Crippen LogP contribution in [0.25, 0.3) is 16.7 Å². The molecule has 1 aliphatic heterocycles. The van der Waals surface area contributed by atoms with Crippen LogP contribution in [0.2, 0.25) is 0 Å². The van der Waals surface area contributed by atoms with Crippen LogP contribution in [-0.2, 0) is 0 Å². The number of nitrogens with one attached hydrogen (secondary N) is 1. The van der Waals surface area contributed by atoms with Gasteiger partial charge in [0, 0.05) is 15.7 Å². The number of rotatable bonds is 1. The Balaban J connectivity index is 2.13. The minimum Gasteiger partial charge on any atom is -0.376 e. The molecule has 0 spiro atoms. The van der Waals surface area contributed by atoms with Crippen LogP contribution in [0.3, 0.4) is 0 Å². The van der Waals surface area contributed by atoms with E-state index in [-0.39, 0.29) is 5.54 Å². The van der Waals surface area contributed by atoms with E-state index in [0.29, 0.717) is 0 Å². The number of benzene rings is 2. The summed E-state index contributed by atoms with van der Waals surface area (Å²) in [6, 6.07) is 13.1. The van der Waals surface area contributed by atoms with Gasteiger partial charge in [-0.1, -0.05) is 40.2 Å². The molecule has 1 aliphatic rings. The monoisotopic (exact) mass is 341 g/mol. The molecule has 2 aromatic carbocycles. The van der Waals surface area contributed by atoms with Crippen LogP contribution in [0.15, 0.2) is 46.9 Å². The summed E-state index contributed by atoms with van der Waals surface area (Å²) in [4.78, 5) is 0. The molecule has 0 fully saturated rings. The lowest BCUT2D eigenvalue weighted by Gasteiger charge is -2.31. The molecule has 2 heteroatoms. The SMILES string of the molecule is CC1=CC(C)(C)Nc2ccc(-c3cccc(Br)c3C)cc21. The Morgan fingerprint density at radius 3 is 2.52 bits per heavy atom. The van der Waals surface area contributed by atoms with Crippen molar-refractivity contribution in [3.63, 3.8) is 0 Å². The highest BCUT2D eigenvalue weighted by molar-refractivity contribution is 9.10. The average Bonchev–Trinajstić information content (AvgIpc) is 2.40. The van der Waals surface area contributed by atoms with Gasteiger partial charge in [0.2, 0.25) is 0 Å². The lowest BCUT2D eigenvalue weighted by atomic mass is 9.89. The second-order valence-electron chi connectivity index (χ2n) is 6.35. The van der Waals surface area contributed by atoms with E-state index in [1.54, 1.807) is 0 Å². The average molecular weight is 342 g/mol. The van der Waals surface area contributed by atoms with Gasteiger partial charge in [-0.2, -0.15) is 0 Å². The summed E-state index contributed by atoms with van der Waals surface area (Å²) in [5.74, 6) is 0. The predicted octanol–water partition coefficient (Wildman–Crippen LogP) is 6.03. The quantitative estimate of drug-likeness (QED) is 0.667. The standard InChI is InChI=1S/C19H20BrN/c1-12-11-19(3,4)21-18-9-8-14(10-16(12)18)15-6-5-7-17(20)13(15)2/h5-11,21H,1-4H3. The van der Waals surface area contributed by atoms with E-state index in [2.05, 4.69) is 91.4 Å². The zero-order valence-corrected chi connectivity index (χ0v) is 14.5. The van der Waals surface area contributed by atoms with Crippen molar-refractivity contribution in [1.82, 2.24) is 0 Å². The van der Waals surface area contributed by atoms with Crippen molar-refractivity contribution < 1.29 is 0 Å². The fraction of sp³-hybridized carbons (Fsp3) is 0.263. The largest absolute Gasteiger partial charge is 0.376 e. The number of hydrogen-bond acceptors (Lipinski definition) is 1. The second-order valence-corrected chi connectivity index (χ2v) is 7.20. The lowest BCUT2D eigenvalue weighted by Crippen LogP contribution is -2.31. The summed E-state index contributed by atoms with van der Waals surface area (Å²) in [6.45, 7) is 8.75. The molecule has 21 heavy (non-hydrogen) atoms. The lowest BCUT2D eigenvalue weighted by molar-refractivity contribution is 0.707. The molecule has 0 atom stereocenters. The Hall–Kier alpha value is -1.54. The second kappa shape index (κ2) is 5.03. The van der Waals surface area contributed by atoms with E-state index in [1.807, 2.05) is 0 Å². The zero-order chi connectivity index (χ0) is 15.2. The Bertz CT molecular complexity index is 741. The molecule has 2 aromatic rings. The van der Waals surface area contributed by atoms with Crippen molar-refractivity contribution in [1.29, 1.82) is 0 Å². The number of anilines is 1. The molecule has 0 amide bonds. The summed E-state index contributed by atoms with van der Waals surface area (Å²) < 4.78 is 1.16. The highest BCUT2D eigenvalue weighted by Crippen LogP contribution is 2.37. The van der Waals surface area contributed by atoms with Gasteiger partial charge in [-0.25, -0.2) is 0 Å². The Morgan fingerprint density at radius 2 is 1.76 bits per heavy atom. The number of halogens is 1. The molecule has 0 bridgehead atoms. The molecule has 0 saturated carbocycles. The first-order valence-electron chi connectivity index (χ1n) is 7.25. The van der Waals surface area contributed by atoms with E-state index in [4.69, 9.17) is 0 Å². The maximum absolute atomic E-state index is 3.62. The normalized spacial score (nSPS) is 16.0. The summed E-state index contributed by atoms with van der Waals surface area (Å²) in [7, 11) is 0. The summed E-state index contributed by atoms with van der Waals surface area (Å²) >= 11 is 3.62. The minimum atomic E-state index is 0.0181. The van der Waals surface area contributed by atoms with E-state index < -0.39 is 0 Å². The van der Waals surface area contributed by atoms with Gasteiger partial charge in [0.15, 0.2) is 0 Å². The molecule has 1 heterocycles. The Labute approximate surface area is 135 Å². The van der Waals surface area contributed by atoms with E-state index >= 15 is 0 Å². The molecular formula is C19H20BrN. The van der Waals surface area contributed by atoms with Crippen molar-refractivity contribution in [3.8, 4) is 11.1 Å². The Morgan fingerprint density at radius 1 is 1.00 bits per heavy atom. The van der Waals surface area contributed by atoms with Gasteiger partial charge >= 0.3 is 0 Å². The minimum absolute atomic E-state index is 0.0181. The maximum atomic E-state index is 3.62. The van der Waals surface area contributed by atoms with Gasteiger partial charge in [-0.05, 0) is 68.2 Å². The van der Waals surface area contributed by atoms with Gasteiger partial charge in [0.1, 0.15) is 0 Å². The van der Waals surface area contributed by atoms with Crippen LogP contribution < -0.4 is 5.32 Å². The van der Waals surface area contributed by atoms with Crippen LogP contribution in [0.1, 0.15) is 31.9 Å². The van der Waals surface area contributed by atoms with Gasteiger partial charge in [-0.3, -0.25) is 0 Å². The first-order chi connectivity index (χ1) is 9.87. The van der Waals surface area contributed by atoms with Crippen LogP contribution >= 0.6 is 15.9 Å². The van der Waals surface area contributed by atoms with Crippen LogP contribution in [0, 0.1) is 6.92 Å². The van der Waals surface area contributed by atoms with Crippen LogP contribution in [0.5, 0.6) is 0 Å². The Kier molecular flexibility index (Phi) is 3.45. The molecule has 3 rings (SSSR count). The number of hydrogen-bond donors (Lipinski definition) is 1. The van der Waals surface area contributed by atoms with Crippen LogP contribution in [0.4, 0.5) is 5.69 Å². The maximum Gasteiger partial charge on any atom is 0.0505 e. The zero-order valence-electron chi connectivity index (χ0n) is 12.9. The van der Waals surface area contributed by atoms with E-state index in [9.17, 15) is 0 Å². The fourth-order valence-corrected chi connectivity index (χ4v) is 3.44. The van der Waals surface area contributed by atoms with Gasteiger partial charge < -0.3 is 5.32 Å². The third kappa shape index (κ3) is 2.65. The molecule has 0 radical (unpaired) electrons. The molecular weight excluding hydrogens is 322 g/mol. The first-order valence-corrected chi connectivity index (χ1v) is 8.04. The molecule has 1 nitrogen and oxygen atoms in total. The van der Waals surface area contributed by atoms with Gasteiger partial charge in [0.05, 0.1) is 5.54 Å². The molecule has 0 saturated heterocycles. The summed E-state index contributed by atoms with van der Waals surface area (Å²) in [5.41, 5.74) is 7.70. The molecule has 1 N–H and O–H groups in total. The predicted molar refractivity (Wildman–Crippen MR) is 95.7 cm³/mol. The molecule has 108 valence electrons. The van der Waals surface area contributed by atoms with Crippen molar-refractivity contribution >= 4 is 27.2 Å². The number of allylic oxidation sites excluding steroid dienone is 1. The third-order valence-corrected chi connectivity index (χ3v) is 4.92. The first kappa shape index (κ1) is 14.4. The van der Waals surface area contributed by atoms with Crippen molar-refractivity contribution in [2.75, 3.05) is 5.32 Å². The van der Waals surface area contributed by atoms with Gasteiger partial charge in [0.25, 0.3) is 0 Å². The molecule has 0 aliphatic carbocycles.